The number of nitrogens with one attached hydrogen (secondary N) is 1. The molecular weight excluding hydrogens is 366 g/mol. The Labute approximate surface area is 163 Å². The number of carbonyl (C=O) groups is 2. The third-order valence-corrected chi connectivity index (χ3v) is 3.72. The molecule has 0 aromatic heterocycles. The Hall–Kier alpha value is -2.79. The number of ether oxygens (including phenoxy) is 1. The first-order valence-corrected chi connectivity index (χ1v) is 8.78. The van der Waals surface area contributed by atoms with Gasteiger partial charge in [0.15, 0.2) is 0 Å². The van der Waals surface area contributed by atoms with Gasteiger partial charge >= 0.3 is 5.97 Å². The largest absolute Gasteiger partial charge is 0.479 e. The average Bonchev–Trinajstić information content (AvgIpc) is 2.58. The zero-order chi connectivity index (χ0) is 20.0. The number of carboxylic acids is 1. The van der Waals surface area contributed by atoms with Gasteiger partial charge in [-0.2, -0.15) is 0 Å². The fraction of sp³-hybridized carbons (Fsp3) is 0.238. The minimum absolute atomic E-state index is 0.183. The number of carbonyl (C=O) groups excluding carboxylic acids is 1. The molecule has 0 saturated heterocycles. The van der Waals surface area contributed by atoms with Crippen LogP contribution in [0, 0.1) is 5.41 Å². The van der Waals surface area contributed by atoms with Crippen molar-refractivity contribution < 1.29 is 19.4 Å². The molecule has 1 unspecified atom stereocenters. The lowest BCUT2D eigenvalue weighted by molar-refractivity contribution is -0.137. The van der Waals surface area contributed by atoms with Gasteiger partial charge in [0.2, 0.25) is 0 Å². The minimum Gasteiger partial charge on any atom is -0.479 e. The first-order chi connectivity index (χ1) is 12.6. The van der Waals surface area contributed by atoms with Crippen LogP contribution < -0.4 is 10.1 Å². The first kappa shape index (κ1) is 20.5. The Kier molecular flexibility index (Phi) is 6.64. The summed E-state index contributed by atoms with van der Waals surface area (Å²) in [5.41, 5.74) is 0.154. The average molecular weight is 388 g/mol. The molecule has 0 fully saturated rings. The van der Waals surface area contributed by atoms with Crippen molar-refractivity contribution in [2.45, 2.75) is 26.8 Å². The summed E-state index contributed by atoms with van der Waals surface area (Å²) in [6.07, 6.45) is 3.24. The van der Waals surface area contributed by atoms with Crippen molar-refractivity contribution in [3.05, 3.63) is 71.3 Å². The SMILES string of the molecule is CC(C)(C)C=CC(NC(=O)c1ccc(Oc2cccc(Cl)c2)cc1)C(=O)O. The van der Waals surface area contributed by atoms with Gasteiger partial charge in [-0.15, -0.1) is 0 Å². The molecule has 6 heteroatoms. The Morgan fingerprint density at radius 3 is 2.33 bits per heavy atom. The zero-order valence-corrected chi connectivity index (χ0v) is 16.2. The molecule has 0 saturated carbocycles. The first-order valence-electron chi connectivity index (χ1n) is 8.40. The molecule has 2 N–H and O–H groups in total. The van der Waals surface area contributed by atoms with Crippen molar-refractivity contribution in [3.8, 4) is 11.5 Å². The molecule has 5 nitrogen and oxygen atoms in total. The van der Waals surface area contributed by atoms with Crippen LogP contribution in [0.25, 0.3) is 0 Å². The van der Waals surface area contributed by atoms with E-state index in [1.807, 2.05) is 20.8 Å². The number of aliphatic carboxylic acids is 1. The molecule has 1 atom stereocenters. The molecule has 2 aromatic rings. The topological polar surface area (TPSA) is 75.6 Å². The molecule has 1 amide bonds. The highest BCUT2D eigenvalue weighted by Gasteiger charge is 2.19. The van der Waals surface area contributed by atoms with E-state index in [1.54, 1.807) is 54.6 Å². The van der Waals surface area contributed by atoms with Crippen molar-refractivity contribution >= 4 is 23.5 Å². The molecular formula is C21H22ClNO4. The number of halogens is 1. The van der Waals surface area contributed by atoms with Crippen LogP contribution in [-0.4, -0.2) is 23.0 Å². The normalized spacial score (nSPS) is 12.6. The van der Waals surface area contributed by atoms with E-state index in [4.69, 9.17) is 16.3 Å². The van der Waals surface area contributed by atoms with Gasteiger partial charge in [-0.05, 0) is 47.9 Å². The molecule has 27 heavy (non-hydrogen) atoms. The maximum atomic E-state index is 12.3. The van der Waals surface area contributed by atoms with Crippen LogP contribution in [0.1, 0.15) is 31.1 Å². The van der Waals surface area contributed by atoms with Gasteiger partial charge in [0.05, 0.1) is 0 Å². The monoisotopic (exact) mass is 387 g/mol. The van der Waals surface area contributed by atoms with Gasteiger partial charge in [-0.3, -0.25) is 4.79 Å². The molecule has 0 aliphatic rings. The van der Waals surface area contributed by atoms with Crippen LogP contribution in [0.2, 0.25) is 5.02 Å². The summed E-state index contributed by atoms with van der Waals surface area (Å²) in [6, 6.07) is 12.3. The van der Waals surface area contributed by atoms with Crippen molar-refractivity contribution in [3.63, 3.8) is 0 Å². The van der Waals surface area contributed by atoms with Crippen molar-refractivity contribution in [2.24, 2.45) is 5.41 Å². The summed E-state index contributed by atoms with van der Waals surface area (Å²) < 4.78 is 5.67. The van der Waals surface area contributed by atoms with E-state index in [-0.39, 0.29) is 5.41 Å². The summed E-state index contributed by atoms with van der Waals surface area (Å²) in [4.78, 5) is 23.7. The second kappa shape index (κ2) is 8.73. The number of hydrogen-bond acceptors (Lipinski definition) is 3. The molecule has 0 spiro atoms. The molecule has 0 radical (unpaired) electrons. The van der Waals surface area contributed by atoms with Crippen LogP contribution in [0.15, 0.2) is 60.7 Å². The Morgan fingerprint density at radius 2 is 1.78 bits per heavy atom. The fourth-order valence-corrected chi connectivity index (χ4v) is 2.32. The highest BCUT2D eigenvalue weighted by atomic mass is 35.5. The Morgan fingerprint density at radius 1 is 1.11 bits per heavy atom. The van der Waals surface area contributed by atoms with Gasteiger partial charge < -0.3 is 15.2 Å². The number of benzene rings is 2. The quantitative estimate of drug-likeness (QED) is 0.690. The van der Waals surface area contributed by atoms with Crippen molar-refractivity contribution in [1.82, 2.24) is 5.32 Å². The van der Waals surface area contributed by atoms with Crippen molar-refractivity contribution in [2.75, 3.05) is 0 Å². The standard InChI is InChI=1S/C21H22ClNO4/c1-21(2,3)12-11-18(20(25)26)23-19(24)14-7-9-16(10-8-14)27-17-6-4-5-15(22)13-17/h4-13,18H,1-3H3,(H,23,24)(H,25,26). The summed E-state index contributed by atoms with van der Waals surface area (Å²) in [5.74, 6) is -0.478. The van der Waals surface area contributed by atoms with Crippen molar-refractivity contribution in [1.29, 1.82) is 0 Å². The number of allylic oxidation sites excluding steroid dienone is 1. The lowest BCUT2D eigenvalue weighted by Gasteiger charge is -2.15. The summed E-state index contributed by atoms with van der Waals surface area (Å²) in [6.45, 7) is 5.84. The Bertz CT molecular complexity index is 838. The smallest absolute Gasteiger partial charge is 0.330 e. The summed E-state index contributed by atoms with van der Waals surface area (Å²) in [5, 5.41) is 12.4. The summed E-state index contributed by atoms with van der Waals surface area (Å²) in [7, 11) is 0. The lowest BCUT2D eigenvalue weighted by Crippen LogP contribution is -2.39. The van der Waals surface area contributed by atoms with Gasteiger partial charge in [0.25, 0.3) is 5.91 Å². The highest BCUT2D eigenvalue weighted by Crippen LogP contribution is 2.24. The van der Waals surface area contributed by atoms with E-state index < -0.39 is 17.9 Å². The van der Waals surface area contributed by atoms with Crippen LogP contribution in [-0.2, 0) is 4.79 Å². The lowest BCUT2D eigenvalue weighted by atomic mass is 9.95. The van der Waals surface area contributed by atoms with Gasteiger partial charge in [0.1, 0.15) is 17.5 Å². The maximum absolute atomic E-state index is 12.3. The van der Waals surface area contributed by atoms with Gasteiger partial charge in [-0.25, -0.2) is 4.79 Å². The Balaban J connectivity index is 2.05. The molecule has 0 aliphatic heterocycles. The van der Waals surface area contributed by atoms with Crippen LogP contribution in [0.3, 0.4) is 0 Å². The summed E-state index contributed by atoms with van der Waals surface area (Å²) >= 11 is 5.92. The number of rotatable bonds is 6. The maximum Gasteiger partial charge on any atom is 0.330 e. The molecule has 0 heterocycles. The minimum atomic E-state index is -1.12. The fourth-order valence-electron chi connectivity index (χ4n) is 2.14. The van der Waals surface area contributed by atoms with Gasteiger partial charge in [0, 0.05) is 10.6 Å². The molecule has 0 aliphatic carbocycles. The van der Waals surface area contributed by atoms with E-state index in [0.717, 1.165) is 0 Å². The van der Waals surface area contributed by atoms with E-state index in [9.17, 15) is 14.7 Å². The third kappa shape index (κ3) is 6.79. The van der Waals surface area contributed by atoms with Crippen LogP contribution in [0.4, 0.5) is 0 Å². The van der Waals surface area contributed by atoms with Crippen LogP contribution >= 0.6 is 11.6 Å². The number of carboxylic acid groups (broad SMARTS) is 1. The predicted octanol–water partition coefficient (Wildman–Crippen LogP) is 4.92. The van der Waals surface area contributed by atoms with Crippen LogP contribution in [0.5, 0.6) is 11.5 Å². The second-order valence-corrected chi connectivity index (χ2v) is 7.53. The van der Waals surface area contributed by atoms with E-state index in [0.29, 0.717) is 22.1 Å². The molecule has 0 bridgehead atoms. The molecule has 2 rings (SSSR count). The molecule has 2 aromatic carbocycles. The number of hydrogen-bond donors (Lipinski definition) is 2. The third-order valence-electron chi connectivity index (χ3n) is 3.49. The number of amides is 1. The highest BCUT2D eigenvalue weighted by molar-refractivity contribution is 6.30. The second-order valence-electron chi connectivity index (χ2n) is 7.10. The predicted molar refractivity (Wildman–Crippen MR) is 105 cm³/mol. The van der Waals surface area contributed by atoms with E-state index in [2.05, 4.69) is 5.32 Å². The zero-order valence-electron chi connectivity index (χ0n) is 15.4. The van der Waals surface area contributed by atoms with E-state index in [1.165, 1.54) is 6.08 Å². The molecule has 142 valence electrons. The van der Waals surface area contributed by atoms with Gasteiger partial charge in [-0.1, -0.05) is 50.6 Å². The van der Waals surface area contributed by atoms with E-state index >= 15 is 0 Å².